The summed E-state index contributed by atoms with van der Waals surface area (Å²) >= 11 is 1.38. The summed E-state index contributed by atoms with van der Waals surface area (Å²) in [4.78, 5) is 29.9. The van der Waals surface area contributed by atoms with E-state index in [1.807, 2.05) is 91.5 Å². The van der Waals surface area contributed by atoms with E-state index in [0.29, 0.717) is 16.1 Å². The lowest BCUT2D eigenvalue weighted by Crippen LogP contribution is -2.20. The molecule has 180 valence electrons. The molecule has 0 fully saturated rings. The Morgan fingerprint density at radius 1 is 0.917 bits per heavy atom. The Hall–Kier alpha value is -4.50. The molecular formula is C27H23N5O3S. The minimum atomic E-state index is -0.405. The first-order valence-corrected chi connectivity index (χ1v) is 12.1. The van der Waals surface area contributed by atoms with Gasteiger partial charge in [0.25, 0.3) is 11.2 Å². The van der Waals surface area contributed by atoms with Gasteiger partial charge in [-0.1, -0.05) is 42.5 Å². The van der Waals surface area contributed by atoms with Gasteiger partial charge < -0.3 is 0 Å². The van der Waals surface area contributed by atoms with Crippen molar-refractivity contribution in [3.05, 3.63) is 121 Å². The molecule has 0 saturated heterocycles. The number of rotatable bonds is 5. The molecule has 3 aromatic carbocycles. The molecule has 9 heteroatoms. The van der Waals surface area contributed by atoms with Crippen molar-refractivity contribution in [2.24, 2.45) is 12.0 Å². The smallest absolute Gasteiger partial charge is 0.285 e. The zero-order chi connectivity index (χ0) is 25.4. The van der Waals surface area contributed by atoms with Gasteiger partial charge in [-0.15, -0.1) is 11.3 Å². The van der Waals surface area contributed by atoms with E-state index in [9.17, 15) is 14.9 Å². The molecule has 2 aromatic heterocycles. The highest BCUT2D eigenvalue weighted by atomic mass is 32.1. The molecule has 0 aliphatic carbocycles. The summed E-state index contributed by atoms with van der Waals surface area (Å²) in [5.41, 5.74) is 4.97. The van der Waals surface area contributed by atoms with E-state index in [-0.39, 0.29) is 11.2 Å². The first-order chi connectivity index (χ1) is 17.3. The molecule has 0 amide bonds. The Morgan fingerprint density at radius 3 is 2.36 bits per heavy atom. The standard InChI is InChI=1S/C27H23N5O3S/c1-18-9-7-13-22(15-18)30-24(20-10-8-14-23(16-20)32(34)35)17-36-27(30)28-25-19(2)29(3)31(26(25)33)21-11-5-4-6-12-21/h4-17H,1-3H3. The summed E-state index contributed by atoms with van der Waals surface area (Å²) < 4.78 is 5.33. The van der Waals surface area contributed by atoms with Crippen LogP contribution in [0, 0.1) is 24.0 Å². The molecule has 0 bridgehead atoms. The highest BCUT2D eigenvalue weighted by molar-refractivity contribution is 7.07. The molecule has 0 atom stereocenters. The summed E-state index contributed by atoms with van der Waals surface area (Å²) in [6.07, 6.45) is 0. The molecule has 0 aliphatic rings. The first kappa shape index (κ1) is 23.3. The fourth-order valence-corrected chi connectivity index (χ4v) is 5.08. The molecule has 0 N–H and O–H groups in total. The maximum Gasteiger partial charge on any atom is 0.297 e. The molecule has 8 nitrogen and oxygen atoms in total. The second-order valence-electron chi connectivity index (χ2n) is 8.41. The Labute approximate surface area is 210 Å². The molecule has 0 unspecified atom stereocenters. The van der Waals surface area contributed by atoms with Crippen LogP contribution in [0.4, 0.5) is 11.4 Å². The Bertz CT molecular complexity index is 1720. The van der Waals surface area contributed by atoms with Crippen molar-refractivity contribution >= 4 is 22.7 Å². The highest BCUT2D eigenvalue weighted by Gasteiger charge is 2.18. The number of para-hydroxylation sites is 1. The minimum absolute atomic E-state index is 0.0117. The van der Waals surface area contributed by atoms with E-state index in [4.69, 9.17) is 4.99 Å². The van der Waals surface area contributed by atoms with Crippen LogP contribution in [-0.4, -0.2) is 18.9 Å². The molecule has 36 heavy (non-hydrogen) atoms. The van der Waals surface area contributed by atoms with Crippen molar-refractivity contribution in [1.82, 2.24) is 13.9 Å². The fourth-order valence-electron chi connectivity index (χ4n) is 4.16. The maximum absolute atomic E-state index is 13.5. The molecule has 0 spiro atoms. The van der Waals surface area contributed by atoms with Crippen LogP contribution < -0.4 is 10.4 Å². The Morgan fingerprint density at radius 2 is 1.64 bits per heavy atom. The van der Waals surface area contributed by atoms with Gasteiger partial charge in [0.2, 0.25) is 0 Å². The van der Waals surface area contributed by atoms with Gasteiger partial charge in [-0.2, -0.15) is 0 Å². The first-order valence-electron chi connectivity index (χ1n) is 11.3. The number of aryl methyl sites for hydroxylation is 1. The number of nitro benzene ring substituents is 1. The van der Waals surface area contributed by atoms with Gasteiger partial charge >= 0.3 is 0 Å². The van der Waals surface area contributed by atoms with Crippen LogP contribution in [0.3, 0.4) is 0 Å². The topological polar surface area (TPSA) is 87.4 Å². The van der Waals surface area contributed by atoms with Crippen LogP contribution in [0.5, 0.6) is 0 Å². The van der Waals surface area contributed by atoms with Crippen LogP contribution in [0.2, 0.25) is 0 Å². The molecule has 0 saturated carbocycles. The summed E-state index contributed by atoms with van der Waals surface area (Å²) in [5.74, 6) is 0. The quantitative estimate of drug-likeness (QED) is 0.239. The van der Waals surface area contributed by atoms with E-state index in [2.05, 4.69) is 0 Å². The van der Waals surface area contributed by atoms with Crippen LogP contribution >= 0.6 is 11.3 Å². The summed E-state index contributed by atoms with van der Waals surface area (Å²) in [5, 5.41) is 13.3. The van der Waals surface area contributed by atoms with Crippen LogP contribution in [-0.2, 0) is 7.05 Å². The molecule has 0 aliphatic heterocycles. The second-order valence-corrected chi connectivity index (χ2v) is 9.24. The third-order valence-electron chi connectivity index (χ3n) is 6.05. The van der Waals surface area contributed by atoms with Gasteiger partial charge in [0.15, 0.2) is 10.5 Å². The molecule has 0 radical (unpaired) electrons. The van der Waals surface area contributed by atoms with Gasteiger partial charge in [-0.05, 0) is 43.7 Å². The highest BCUT2D eigenvalue weighted by Crippen LogP contribution is 2.27. The third kappa shape index (κ3) is 4.09. The van der Waals surface area contributed by atoms with Gasteiger partial charge in [0, 0.05) is 35.8 Å². The van der Waals surface area contributed by atoms with E-state index in [0.717, 1.165) is 28.3 Å². The van der Waals surface area contributed by atoms with E-state index >= 15 is 0 Å². The molecular weight excluding hydrogens is 474 g/mol. The van der Waals surface area contributed by atoms with E-state index in [1.165, 1.54) is 17.4 Å². The zero-order valence-corrected chi connectivity index (χ0v) is 20.8. The number of nitrogens with zero attached hydrogens (tertiary/aromatic N) is 5. The number of hydrogen-bond acceptors (Lipinski definition) is 5. The summed E-state index contributed by atoms with van der Waals surface area (Å²) in [6, 6.07) is 23.9. The number of hydrogen-bond donors (Lipinski definition) is 0. The third-order valence-corrected chi connectivity index (χ3v) is 6.88. The van der Waals surface area contributed by atoms with Gasteiger partial charge in [-0.25, -0.2) is 9.67 Å². The van der Waals surface area contributed by atoms with Gasteiger partial charge in [-0.3, -0.25) is 24.2 Å². The fraction of sp³-hybridized carbons (Fsp3) is 0.111. The second kappa shape index (κ2) is 9.27. The van der Waals surface area contributed by atoms with Gasteiger partial charge in [0.05, 0.1) is 22.0 Å². The molecule has 5 aromatic rings. The predicted octanol–water partition coefficient (Wildman–Crippen LogP) is 5.45. The molecule has 5 rings (SSSR count). The van der Waals surface area contributed by atoms with Crippen LogP contribution in [0.25, 0.3) is 22.6 Å². The largest absolute Gasteiger partial charge is 0.297 e. The average molecular weight is 498 g/mol. The monoisotopic (exact) mass is 497 g/mol. The van der Waals surface area contributed by atoms with Crippen LogP contribution in [0.1, 0.15) is 11.3 Å². The zero-order valence-electron chi connectivity index (χ0n) is 20.0. The van der Waals surface area contributed by atoms with Crippen molar-refractivity contribution in [3.8, 4) is 22.6 Å². The van der Waals surface area contributed by atoms with E-state index < -0.39 is 4.92 Å². The lowest BCUT2D eigenvalue weighted by molar-refractivity contribution is -0.384. The summed E-state index contributed by atoms with van der Waals surface area (Å²) in [6.45, 7) is 3.87. The molecule has 2 heterocycles. The lowest BCUT2D eigenvalue weighted by Gasteiger charge is -2.10. The number of benzene rings is 3. The van der Waals surface area contributed by atoms with Crippen molar-refractivity contribution in [2.75, 3.05) is 0 Å². The summed E-state index contributed by atoms with van der Waals surface area (Å²) in [7, 11) is 1.83. The number of nitro groups is 1. The normalized spacial score (nSPS) is 11.7. The Kier molecular flexibility index (Phi) is 5.99. The SMILES string of the molecule is Cc1cccc(-n2c(-c3cccc([N+](=O)[O-])c3)csc2=Nc2c(C)n(C)n(-c3ccccc3)c2=O)c1. The number of aromatic nitrogens is 3. The number of non-ortho nitro benzene ring substituents is 1. The predicted molar refractivity (Wildman–Crippen MR) is 141 cm³/mol. The van der Waals surface area contributed by atoms with Crippen LogP contribution in [0.15, 0.2) is 94.0 Å². The Balaban J connectivity index is 1.77. The van der Waals surface area contributed by atoms with Crippen molar-refractivity contribution < 1.29 is 4.92 Å². The lowest BCUT2D eigenvalue weighted by atomic mass is 10.1. The minimum Gasteiger partial charge on any atom is -0.285 e. The van der Waals surface area contributed by atoms with E-state index in [1.54, 1.807) is 21.5 Å². The van der Waals surface area contributed by atoms with Crippen molar-refractivity contribution in [3.63, 3.8) is 0 Å². The van der Waals surface area contributed by atoms with Crippen molar-refractivity contribution in [2.45, 2.75) is 13.8 Å². The average Bonchev–Trinajstić information content (AvgIpc) is 3.39. The maximum atomic E-state index is 13.5. The van der Waals surface area contributed by atoms with Gasteiger partial charge in [0.1, 0.15) is 0 Å². The van der Waals surface area contributed by atoms with Crippen molar-refractivity contribution in [1.29, 1.82) is 0 Å². The number of thiazole rings is 1.